The molecule has 0 radical (unpaired) electrons. The molecule has 24 heavy (non-hydrogen) atoms. The summed E-state index contributed by atoms with van der Waals surface area (Å²) in [5, 5.41) is 12.8. The maximum atomic E-state index is 14.9. The summed E-state index contributed by atoms with van der Waals surface area (Å²) in [5.41, 5.74) is 0. The molecule has 4 rings (SSSR count). The average molecular weight is 463 g/mol. The second-order valence-electron chi connectivity index (χ2n) is 7.96. The van der Waals surface area contributed by atoms with Gasteiger partial charge in [-0.1, -0.05) is 0 Å². The van der Waals surface area contributed by atoms with Crippen LogP contribution in [-0.4, -0.2) is 45.5 Å². The Bertz CT molecular complexity index is 659. The molecule has 3 aliphatic carbocycles. The van der Waals surface area contributed by atoms with Crippen LogP contribution >= 0.6 is 11.6 Å². The number of hydrogen-bond acceptors (Lipinski definition) is 4. The zero-order chi connectivity index (χ0) is 17.6. The summed E-state index contributed by atoms with van der Waals surface area (Å²) in [4.78, 5) is 26.1. The summed E-state index contributed by atoms with van der Waals surface area (Å²) in [6, 6.07) is -0.293. The van der Waals surface area contributed by atoms with Gasteiger partial charge in [-0.25, -0.2) is 0 Å². The number of hydrogen-bond donors (Lipinski definition) is 2. The van der Waals surface area contributed by atoms with Crippen molar-refractivity contribution in [2.75, 3.05) is 5.32 Å². The van der Waals surface area contributed by atoms with Crippen LogP contribution < -0.4 is 9.03 Å². The molecule has 5 nitrogen and oxygen atoms in total. The van der Waals surface area contributed by atoms with Crippen molar-refractivity contribution in [3.63, 3.8) is 0 Å². The Morgan fingerprint density at radius 2 is 1.79 bits per heavy atom. The molecule has 132 valence electrons. The fourth-order valence-electron chi connectivity index (χ4n) is 4.18. The molecule has 1 aromatic heterocycles. The van der Waals surface area contributed by atoms with Gasteiger partial charge in [0.15, 0.2) is 0 Å². The van der Waals surface area contributed by atoms with E-state index in [4.69, 9.17) is 11.6 Å². The molecule has 3 saturated carbocycles. The van der Waals surface area contributed by atoms with Crippen molar-refractivity contribution in [2.24, 2.45) is 17.8 Å². The number of carboxylic acid groups (broad SMARTS) is 1. The molecule has 0 spiro atoms. The van der Waals surface area contributed by atoms with Crippen molar-refractivity contribution in [1.82, 2.24) is 9.97 Å². The second kappa shape index (κ2) is 6.59. The molecule has 0 amide bonds. The van der Waals surface area contributed by atoms with E-state index >= 15 is 0 Å². The molecule has 2 bridgehead atoms. The van der Waals surface area contributed by atoms with Crippen molar-refractivity contribution in [3.05, 3.63) is 11.1 Å². The summed E-state index contributed by atoms with van der Waals surface area (Å²) in [7, 11) is 0. The van der Waals surface area contributed by atoms with Gasteiger partial charge in [0.2, 0.25) is 0 Å². The number of halogens is 2. The Morgan fingerprint density at radius 3 is 2.33 bits per heavy atom. The summed E-state index contributed by atoms with van der Waals surface area (Å²) < 4.78 is 15.4. The van der Waals surface area contributed by atoms with Gasteiger partial charge in [-0.05, 0) is 0 Å². The predicted molar refractivity (Wildman–Crippen MR) is 94.0 cm³/mol. The first-order chi connectivity index (χ1) is 11.2. The summed E-state index contributed by atoms with van der Waals surface area (Å²) in [5.74, 6) is -1.28. The summed E-state index contributed by atoms with van der Waals surface area (Å²) in [6.07, 6.45) is 3.85. The zero-order valence-electron chi connectivity index (χ0n) is 14.1. The van der Waals surface area contributed by atoms with E-state index in [0.29, 0.717) is 3.71 Å². The van der Waals surface area contributed by atoms with Gasteiger partial charge in [0, 0.05) is 0 Å². The fourth-order valence-corrected chi connectivity index (χ4v) is 8.03. The summed E-state index contributed by atoms with van der Waals surface area (Å²) >= 11 is 3.21. The quantitative estimate of drug-likeness (QED) is 0.531. The first-order valence-corrected chi connectivity index (χ1v) is 18.8. The van der Waals surface area contributed by atoms with E-state index in [0.717, 1.165) is 25.7 Å². The van der Waals surface area contributed by atoms with E-state index < -0.39 is 36.1 Å². The Kier molecular flexibility index (Phi) is 4.99. The molecular weight excluding hydrogens is 439 g/mol. The Balaban J connectivity index is 1.95. The van der Waals surface area contributed by atoms with Crippen LogP contribution in [0.4, 0.5) is 10.2 Å². The number of aliphatic carboxylic acids is 1. The van der Waals surface area contributed by atoms with Crippen LogP contribution in [0.2, 0.25) is 20.1 Å². The number of rotatable bonds is 4. The molecule has 2 atom stereocenters. The number of carbonyl (C=O) groups is 1. The van der Waals surface area contributed by atoms with E-state index in [9.17, 15) is 14.3 Å². The zero-order valence-corrected chi connectivity index (χ0v) is 17.8. The van der Waals surface area contributed by atoms with E-state index in [2.05, 4.69) is 30.1 Å². The van der Waals surface area contributed by atoms with Gasteiger partial charge in [-0.3, -0.25) is 0 Å². The van der Waals surface area contributed by atoms with Gasteiger partial charge < -0.3 is 0 Å². The molecule has 2 N–H and O–H groups in total. The van der Waals surface area contributed by atoms with Crippen molar-refractivity contribution >= 4 is 45.5 Å². The van der Waals surface area contributed by atoms with Crippen molar-refractivity contribution < 1.29 is 14.3 Å². The van der Waals surface area contributed by atoms with E-state index in [1.54, 1.807) is 0 Å². The molecule has 0 aliphatic heterocycles. The van der Waals surface area contributed by atoms with Crippen LogP contribution in [0.1, 0.15) is 25.7 Å². The molecule has 3 aliphatic rings. The molecule has 2 unspecified atom stereocenters. The molecular formula is C16H23ClFN3O2Sn. The normalized spacial score (nSPS) is 29.5. The van der Waals surface area contributed by atoms with E-state index in [1.165, 1.54) is 0 Å². The van der Waals surface area contributed by atoms with Gasteiger partial charge in [0.1, 0.15) is 0 Å². The third kappa shape index (κ3) is 3.36. The van der Waals surface area contributed by atoms with Gasteiger partial charge in [-0.15, -0.1) is 0 Å². The second-order valence-corrected chi connectivity index (χ2v) is 22.5. The monoisotopic (exact) mass is 463 g/mol. The standard InChI is InChI=1S/C13H14ClFN3O2.3CH3.Sn/c14-13-16-5-8(15)11(18-13)17-10-7-3-1-6(2-4-7)9(10)12(19)20;;;;/h6-7,9-10H,1-4H2,(H,19,20)(H,16,17,18);3*1H3;. The molecule has 8 heteroatoms. The first kappa shape index (κ1) is 18.2. The predicted octanol–water partition coefficient (Wildman–Crippen LogP) is 3.12. The number of carboxylic acids is 1. The van der Waals surface area contributed by atoms with Crippen LogP contribution in [0.5, 0.6) is 0 Å². The number of fused-ring (bicyclic) bond motifs is 3. The minimum absolute atomic E-state index is 0.0216. The van der Waals surface area contributed by atoms with Crippen LogP contribution in [0, 0.1) is 23.6 Å². The van der Waals surface area contributed by atoms with Crippen LogP contribution in [0.25, 0.3) is 0 Å². The molecule has 3 fully saturated rings. The molecule has 1 aromatic rings. The van der Waals surface area contributed by atoms with Crippen LogP contribution in [-0.2, 0) is 4.79 Å². The maximum absolute atomic E-state index is 14.9. The number of anilines is 1. The van der Waals surface area contributed by atoms with Gasteiger partial charge in [0.05, 0.1) is 0 Å². The third-order valence-electron chi connectivity index (χ3n) is 5.34. The number of aromatic nitrogens is 2. The molecule has 1 heterocycles. The van der Waals surface area contributed by atoms with Crippen molar-refractivity contribution in [2.45, 2.75) is 46.5 Å². The Morgan fingerprint density at radius 1 is 1.21 bits per heavy atom. The van der Waals surface area contributed by atoms with E-state index in [1.807, 2.05) is 0 Å². The topological polar surface area (TPSA) is 75.1 Å². The fraction of sp³-hybridized carbons (Fsp3) is 0.688. The Labute approximate surface area is 150 Å². The van der Waals surface area contributed by atoms with Gasteiger partial charge >= 0.3 is 150 Å². The van der Waals surface area contributed by atoms with E-state index in [-0.39, 0.29) is 29.0 Å². The number of nitrogens with one attached hydrogen (secondary N) is 1. The van der Waals surface area contributed by atoms with Crippen LogP contribution in [0.3, 0.4) is 0 Å². The average Bonchev–Trinajstić information content (AvgIpc) is 2.50. The van der Waals surface area contributed by atoms with Crippen LogP contribution in [0.15, 0.2) is 0 Å². The van der Waals surface area contributed by atoms with Gasteiger partial charge in [-0.2, -0.15) is 0 Å². The number of nitrogens with zero attached hydrogens (tertiary/aromatic N) is 2. The van der Waals surface area contributed by atoms with Crippen molar-refractivity contribution in [1.29, 1.82) is 0 Å². The minimum atomic E-state index is -2.80. The van der Waals surface area contributed by atoms with Crippen molar-refractivity contribution in [3.8, 4) is 0 Å². The first-order valence-electron chi connectivity index (χ1n) is 8.41. The molecule has 0 saturated heterocycles. The summed E-state index contributed by atoms with van der Waals surface area (Å²) in [6.45, 7) is 0. The van der Waals surface area contributed by atoms with Gasteiger partial charge in [0.25, 0.3) is 0 Å². The molecule has 0 aromatic carbocycles. The Hall–Kier alpha value is -0.631. The third-order valence-corrected chi connectivity index (χ3v) is 10.5. The SMILES string of the molecule is [CH3][Sn]([CH3])([CH3])[c]1nc(Cl)nc(NC2C3CCC(CC3)C2C(=O)O)c1F.